The van der Waals surface area contributed by atoms with Crippen molar-refractivity contribution in [3.8, 4) is 0 Å². The molecule has 0 fully saturated rings. The second kappa shape index (κ2) is 3.74. The molecule has 0 saturated heterocycles. The van der Waals surface area contributed by atoms with E-state index in [2.05, 4.69) is 26.0 Å². The lowest BCUT2D eigenvalue weighted by molar-refractivity contribution is 0.615. The van der Waals surface area contributed by atoms with Crippen molar-refractivity contribution in [2.75, 3.05) is 0 Å². The van der Waals surface area contributed by atoms with Crippen LogP contribution in [0.4, 0.5) is 0 Å². The first-order valence-electron chi connectivity index (χ1n) is 5.54. The molecule has 76 valence electrons. The Balaban J connectivity index is 2.53. The van der Waals surface area contributed by atoms with E-state index in [0.717, 1.165) is 6.42 Å². The molecular formula is C13H19N. The average molecular weight is 189 g/mol. The van der Waals surface area contributed by atoms with Crippen molar-refractivity contribution in [2.45, 2.75) is 45.6 Å². The molecule has 0 saturated carbocycles. The molecule has 0 aromatic heterocycles. The number of rotatable bonds is 0. The van der Waals surface area contributed by atoms with Gasteiger partial charge in [0.05, 0.1) is 0 Å². The van der Waals surface area contributed by atoms with Gasteiger partial charge in [0.25, 0.3) is 0 Å². The van der Waals surface area contributed by atoms with Crippen molar-refractivity contribution >= 4 is 0 Å². The number of hydrogen-bond acceptors (Lipinski definition) is 1. The van der Waals surface area contributed by atoms with E-state index in [1.807, 2.05) is 0 Å². The highest BCUT2D eigenvalue weighted by molar-refractivity contribution is 5.40. The molecule has 1 aromatic rings. The molecule has 1 heteroatoms. The Hall–Kier alpha value is -0.820. The van der Waals surface area contributed by atoms with Gasteiger partial charge in [0.2, 0.25) is 0 Å². The second-order valence-electron chi connectivity index (χ2n) is 4.50. The molecule has 0 heterocycles. The summed E-state index contributed by atoms with van der Waals surface area (Å²) in [6.45, 7) is 4.37. The molecule has 1 unspecified atom stereocenters. The van der Waals surface area contributed by atoms with E-state index in [1.165, 1.54) is 41.5 Å². The molecule has 1 aliphatic carbocycles. The maximum Gasteiger partial charge on any atom is 0.0297 e. The summed E-state index contributed by atoms with van der Waals surface area (Å²) >= 11 is 0. The number of aryl methyl sites for hydroxylation is 2. The van der Waals surface area contributed by atoms with Gasteiger partial charge in [-0.3, -0.25) is 0 Å². The van der Waals surface area contributed by atoms with Crippen LogP contribution in [0.15, 0.2) is 12.1 Å². The standard InChI is InChI=1S/C13H19N/c1-9-7-10(2)11-5-3-4-6-13(14)12(11)8-9/h7-8,13H,3-6,14H2,1-2H3. The van der Waals surface area contributed by atoms with Gasteiger partial charge in [-0.1, -0.05) is 24.1 Å². The average Bonchev–Trinajstić information content (AvgIpc) is 2.29. The van der Waals surface area contributed by atoms with Crippen LogP contribution in [-0.4, -0.2) is 0 Å². The van der Waals surface area contributed by atoms with Crippen LogP contribution in [0.5, 0.6) is 0 Å². The zero-order valence-electron chi connectivity index (χ0n) is 9.14. The maximum absolute atomic E-state index is 6.18. The van der Waals surface area contributed by atoms with Crippen LogP contribution < -0.4 is 5.73 Å². The summed E-state index contributed by atoms with van der Waals surface area (Å²) in [7, 11) is 0. The van der Waals surface area contributed by atoms with Crippen LogP contribution in [-0.2, 0) is 6.42 Å². The monoisotopic (exact) mass is 189 g/mol. The molecule has 1 atom stereocenters. The third kappa shape index (κ3) is 1.69. The van der Waals surface area contributed by atoms with E-state index in [4.69, 9.17) is 5.73 Å². The van der Waals surface area contributed by atoms with E-state index >= 15 is 0 Å². The van der Waals surface area contributed by atoms with Crippen molar-refractivity contribution < 1.29 is 0 Å². The smallest absolute Gasteiger partial charge is 0.0297 e. The Morgan fingerprint density at radius 2 is 2.00 bits per heavy atom. The molecule has 14 heavy (non-hydrogen) atoms. The molecule has 0 aliphatic heterocycles. The Labute approximate surface area is 86.3 Å². The van der Waals surface area contributed by atoms with Gasteiger partial charge in [0, 0.05) is 6.04 Å². The highest BCUT2D eigenvalue weighted by Crippen LogP contribution is 2.29. The summed E-state index contributed by atoms with van der Waals surface area (Å²) in [6.07, 6.45) is 4.93. The van der Waals surface area contributed by atoms with Crippen molar-refractivity contribution in [1.29, 1.82) is 0 Å². The SMILES string of the molecule is Cc1cc(C)c2c(c1)C(N)CCCC2. The second-order valence-corrected chi connectivity index (χ2v) is 4.50. The van der Waals surface area contributed by atoms with Crippen LogP contribution in [0.25, 0.3) is 0 Å². The molecule has 2 N–H and O–H groups in total. The topological polar surface area (TPSA) is 26.0 Å². The van der Waals surface area contributed by atoms with Crippen LogP contribution in [0, 0.1) is 13.8 Å². The van der Waals surface area contributed by atoms with Gasteiger partial charge in [-0.05, 0) is 49.8 Å². The normalized spacial score (nSPS) is 21.5. The quantitative estimate of drug-likeness (QED) is 0.624. The lowest BCUT2D eigenvalue weighted by Crippen LogP contribution is -2.11. The van der Waals surface area contributed by atoms with Crippen molar-refractivity contribution in [3.05, 3.63) is 34.4 Å². The van der Waals surface area contributed by atoms with Crippen molar-refractivity contribution in [2.24, 2.45) is 5.73 Å². The number of benzene rings is 1. The fraction of sp³-hybridized carbons (Fsp3) is 0.538. The summed E-state index contributed by atoms with van der Waals surface area (Å²) < 4.78 is 0. The van der Waals surface area contributed by atoms with E-state index in [1.54, 1.807) is 0 Å². The third-order valence-corrected chi connectivity index (χ3v) is 3.24. The Morgan fingerprint density at radius 3 is 2.79 bits per heavy atom. The first kappa shape index (κ1) is 9.72. The summed E-state index contributed by atoms with van der Waals surface area (Å²) in [6, 6.07) is 4.82. The van der Waals surface area contributed by atoms with Gasteiger partial charge in [-0.2, -0.15) is 0 Å². The van der Waals surface area contributed by atoms with E-state index in [-0.39, 0.29) is 6.04 Å². The molecule has 1 nitrogen and oxygen atoms in total. The molecule has 1 aliphatic rings. The van der Waals surface area contributed by atoms with Crippen LogP contribution in [0.2, 0.25) is 0 Å². The minimum Gasteiger partial charge on any atom is -0.324 e. The van der Waals surface area contributed by atoms with Gasteiger partial charge < -0.3 is 5.73 Å². The van der Waals surface area contributed by atoms with E-state index < -0.39 is 0 Å². The molecule has 0 spiro atoms. The Morgan fingerprint density at radius 1 is 1.21 bits per heavy atom. The summed E-state index contributed by atoms with van der Waals surface area (Å²) in [4.78, 5) is 0. The van der Waals surface area contributed by atoms with Crippen LogP contribution in [0.1, 0.15) is 47.6 Å². The Kier molecular flexibility index (Phi) is 2.60. The highest BCUT2D eigenvalue weighted by atomic mass is 14.6. The van der Waals surface area contributed by atoms with Gasteiger partial charge in [0.15, 0.2) is 0 Å². The Bertz CT molecular complexity index is 341. The maximum atomic E-state index is 6.18. The molecule has 0 bridgehead atoms. The molecule has 1 aromatic carbocycles. The highest BCUT2D eigenvalue weighted by Gasteiger charge is 2.16. The van der Waals surface area contributed by atoms with Crippen molar-refractivity contribution in [1.82, 2.24) is 0 Å². The zero-order valence-corrected chi connectivity index (χ0v) is 9.14. The van der Waals surface area contributed by atoms with Gasteiger partial charge in [-0.25, -0.2) is 0 Å². The third-order valence-electron chi connectivity index (χ3n) is 3.24. The number of nitrogens with two attached hydrogens (primary N) is 1. The summed E-state index contributed by atoms with van der Waals surface area (Å²) in [5, 5.41) is 0. The summed E-state index contributed by atoms with van der Waals surface area (Å²) in [5.74, 6) is 0. The molecular weight excluding hydrogens is 170 g/mol. The van der Waals surface area contributed by atoms with E-state index in [0.29, 0.717) is 0 Å². The minimum absolute atomic E-state index is 0.270. The van der Waals surface area contributed by atoms with Crippen LogP contribution >= 0.6 is 0 Å². The fourth-order valence-corrected chi connectivity index (χ4v) is 2.52. The molecule has 0 amide bonds. The fourth-order valence-electron chi connectivity index (χ4n) is 2.52. The number of hydrogen-bond donors (Lipinski definition) is 1. The first-order valence-corrected chi connectivity index (χ1v) is 5.54. The predicted molar refractivity (Wildman–Crippen MR) is 60.4 cm³/mol. The lowest BCUT2D eigenvalue weighted by Gasteiger charge is -2.15. The van der Waals surface area contributed by atoms with Crippen molar-refractivity contribution in [3.63, 3.8) is 0 Å². The van der Waals surface area contributed by atoms with E-state index in [9.17, 15) is 0 Å². The minimum atomic E-state index is 0.270. The lowest BCUT2D eigenvalue weighted by atomic mass is 9.93. The van der Waals surface area contributed by atoms with Gasteiger partial charge in [-0.15, -0.1) is 0 Å². The largest absolute Gasteiger partial charge is 0.324 e. The zero-order chi connectivity index (χ0) is 10.1. The van der Waals surface area contributed by atoms with Crippen LogP contribution in [0.3, 0.4) is 0 Å². The van der Waals surface area contributed by atoms with Gasteiger partial charge in [0.1, 0.15) is 0 Å². The predicted octanol–water partition coefficient (Wildman–Crippen LogP) is 3.03. The summed E-state index contributed by atoms with van der Waals surface area (Å²) in [5.41, 5.74) is 11.9. The van der Waals surface area contributed by atoms with Gasteiger partial charge >= 0.3 is 0 Å². The molecule has 0 radical (unpaired) electrons. The first-order chi connectivity index (χ1) is 6.68. The number of fused-ring (bicyclic) bond motifs is 1. The molecule has 2 rings (SSSR count).